The summed E-state index contributed by atoms with van der Waals surface area (Å²) in [6.45, 7) is 1.16. The molecule has 3 rings (SSSR count). The molecule has 114 valence electrons. The summed E-state index contributed by atoms with van der Waals surface area (Å²) in [6, 6.07) is 13.5. The zero-order chi connectivity index (χ0) is 15.4. The lowest BCUT2D eigenvalue weighted by Crippen LogP contribution is -2.21. The van der Waals surface area contributed by atoms with Gasteiger partial charge in [0.2, 0.25) is 0 Å². The van der Waals surface area contributed by atoms with E-state index < -0.39 is 6.10 Å². The van der Waals surface area contributed by atoms with Crippen LogP contribution in [0.2, 0.25) is 0 Å². The zero-order valence-electron chi connectivity index (χ0n) is 12.4. The monoisotopic (exact) mass is 297 g/mol. The van der Waals surface area contributed by atoms with Crippen molar-refractivity contribution in [1.82, 2.24) is 15.5 Å². The molecule has 1 aromatic heterocycles. The van der Waals surface area contributed by atoms with Crippen LogP contribution in [0.25, 0.3) is 10.9 Å². The van der Waals surface area contributed by atoms with Gasteiger partial charge in [0.25, 0.3) is 0 Å². The number of fused-ring (bicyclic) bond motifs is 1. The number of rotatable bonds is 6. The summed E-state index contributed by atoms with van der Waals surface area (Å²) in [7, 11) is 1.63. The molecule has 3 N–H and O–H groups in total. The number of aliphatic hydroxyl groups is 1. The SMILES string of the molecule is COc1ccc([C@@H](O)CNCc2cccc3cn[nH]c23)cc1. The van der Waals surface area contributed by atoms with Crippen LogP contribution in [0.4, 0.5) is 0 Å². The average Bonchev–Trinajstić information content (AvgIpc) is 3.04. The van der Waals surface area contributed by atoms with Gasteiger partial charge in [-0.25, -0.2) is 0 Å². The molecular weight excluding hydrogens is 278 g/mol. The first-order valence-corrected chi connectivity index (χ1v) is 7.21. The molecular formula is C17H19N3O2. The minimum absolute atomic E-state index is 0.483. The van der Waals surface area contributed by atoms with E-state index in [1.807, 2.05) is 48.7 Å². The molecule has 22 heavy (non-hydrogen) atoms. The van der Waals surface area contributed by atoms with Crippen molar-refractivity contribution in [2.24, 2.45) is 0 Å². The largest absolute Gasteiger partial charge is 0.497 e. The number of nitrogens with zero attached hydrogens (tertiary/aromatic N) is 1. The van der Waals surface area contributed by atoms with E-state index in [9.17, 15) is 5.11 Å². The molecule has 0 unspecified atom stereocenters. The van der Waals surface area contributed by atoms with Gasteiger partial charge in [0.05, 0.1) is 24.9 Å². The smallest absolute Gasteiger partial charge is 0.118 e. The van der Waals surface area contributed by atoms with E-state index in [1.165, 1.54) is 0 Å². The van der Waals surface area contributed by atoms with Gasteiger partial charge in [-0.05, 0) is 23.3 Å². The number of aromatic nitrogens is 2. The average molecular weight is 297 g/mol. The van der Waals surface area contributed by atoms with Gasteiger partial charge in [-0.1, -0.05) is 30.3 Å². The molecule has 5 nitrogen and oxygen atoms in total. The molecule has 3 aromatic rings. The minimum Gasteiger partial charge on any atom is -0.497 e. The fraction of sp³-hybridized carbons (Fsp3) is 0.235. The van der Waals surface area contributed by atoms with Gasteiger partial charge in [-0.15, -0.1) is 0 Å². The Bertz CT molecular complexity index is 737. The van der Waals surface area contributed by atoms with Gasteiger partial charge in [-0.3, -0.25) is 5.10 Å². The van der Waals surface area contributed by atoms with Crippen molar-refractivity contribution in [3.05, 3.63) is 59.8 Å². The Kier molecular flexibility index (Phi) is 4.37. The Hall–Kier alpha value is -2.37. The van der Waals surface area contributed by atoms with Gasteiger partial charge in [0.15, 0.2) is 0 Å². The lowest BCUT2D eigenvalue weighted by Gasteiger charge is -2.13. The van der Waals surface area contributed by atoms with Crippen molar-refractivity contribution in [2.75, 3.05) is 13.7 Å². The molecule has 0 aliphatic carbocycles. The van der Waals surface area contributed by atoms with Gasteiger partial charge in [0.1, 0.15) is 5.75 Å². The number of benzene rings is 2. The standard InChI is InChI=1S/C17H19N3O2/c1-22-15-7-5-12(6-8-15)16(21)11-18-9-13-3-2-4-14-10-19-20-17(13)14/h2-8,10,16,18,21H,9,11H2,1H3,(H,19,20)/t16-/m0/s1. The molecule has 1 atom stereocenters. The molecule has 0 spiro atoms. The number of aromatic amines is 1. The molecule has 1 heterocycles. The Morgan fingerprint density at radius 3 is 2.82 bits per heavy atom. The second-order valence-electron chi connectivity index (χ2n) is 5.17. The maximum atomic E-state index is 10.2. The van der Waals surface area contributed by atoms with Crippen molar-refractivity contribution in [1.29, 1.82) is 0 Å². The minimum atomic E-state index is -0.549. The first kappa shape index (κ1) is 14.6. The van der Waals surface area contributed by atoms with Crippen LogP contribution in [0.15, 0.2) is 48.7 Å². The molecule has 0 fully saturated rings. The Labute approximate surface area is 128 Å². The van der Waals surface area contributed by atoms with Crippen molar-refractivity contribution in [3.8, 4) is 5.75 Å². The molecule has 0 saturated carbocycles. The summed E-state index contributed by atoms with van der Waals surface area (Å²) < 4.78 is 5.11. The number of ether oxygens (including phenoxy) is 1. The van der Waals surface area contributed by atoms with Crippen molar-refractivity contribution < 1.29 is 9.84 Å². The fourth-order valence-corrected chi connectivity index (χ4v) is 2.47. The number of hydrogen-bond acceptors (Lipinski definition) is 4. The van der Waals surface area contributed by atoms with Crippen LogP contribution in [0, 0.1) is 0 Å². The Morgan fingerprint density at radius 1 is 1.23 bits per heavy atom. The Balaban J connectivity index is 1.59. The second kappa shape index (κ2) is 6.60. The third-order valence-corrected chi connectivity index (χ3v) is 3.72. The van der Waals surface area contributed by atoms with Crippen molar-refractivity contribution in [2.45, 2.75) is 12.6 Å². The van der Waals surface area contributed by atoms with Crippen molar-refractivity contribution >= 4 is 10.9 Å². The molecule has 0 bridgehead atoms. The molecule has 0 aliphatic rings. The first-order chi connectivity index (χ1) is 10.8. The highest BCUT2D eigenvalue weighted by atomic mass is 16.5. The van der Waals surface area contributed by atoms with Gasteiger partial charge >= 0.3 is 0 Å². The van der Waals surface area contributed by atoms with Crippen molar-refractivity contribution in [3.63, 3.8) is 0 Å². The summed E-state index contributed by atoms with van der Waals surface area (Å²) in [4.78, 5) is 0. The van der Waals surface area contributed by atoms with Crippen LogP contribution in [0.1, 0.15) is 17.2 Å². The summed E-state index contributed by atoms with van der Waals surface area (Å²) >= 11 is 0. The maximum absolute atomic E-state index is 10.2. The van der Waals surface area contributed by atoms with E-state index in [-0.39, 0.29) is 0 Å². The summed E-state index contributed by atoms with van der Waals surface area (Å²) in [6.07, 6.45) is 1.26. The quantitative estimate of drug-likeness (QED) is 0.653. The summed E-state index contributed by atoms with van der Waals surface area (Å²) in [5, 5.41) is 21.6. The van der Waals surface area contributed by atoms with E-state index in [2.05, 4.69) is 15.5 Å². The van der Waals surface area contributed by atoms with Crippen LogP contribution in [-0.4, -0.2) is 29.0 Å². The highest BCUT2D eigenvalue weighted by Gasteiger charge is 2.08. The Morgan fingerprint density at radius 2 is 2.05 bits per heavy atom. The van der Waals surface area contributed by atoms with Gasteiger partial charge < -0.3 is 15.2 Å². The number of nitrogens with one attached hydrogen (secondary N) is 2. The van der Waals surface area contributed by atoms with Gasteiger partial charge in [0, 0.05) is 18.5 Å². The van der Waals surface area contributed by atoms with E-state index in [0.717, 1.165) is 27.8 Å². The summed E-state index contributed by atoms with van der Waals surface area (Å²) in [5.74, 6) is 0.787. The third kappa shape index (κ3) is 3.10. The van der Waals surface area contributed by atoms with Crippen LogP contribution in [0.5, 0.6) is 5.75 Å². The zero-order valence-corrected chi connectivity index (χ0v) is 12.4. The van der Waals surface area contributed by atoms with E-state index in [0.29, 0.717) is 13.1 Å². The highest BCUT2D eigenvalue weighted by molar-refractivity contribution is 5.81. The van der Waals surface area contributed by atoms with E-state index >= 15 is 0 Å². The topological polar surface area (TPSA) is 70.2 Å². The number of para-hydroxylation sites is 1. The molecule has 0 aliphatic heterocycles. The number of H-pyrrole nitrogens is 1. The first-order valence-electron chi connectivity index (χ1n) is 7.21. The second-order valence-corrected chi connectivity index (χ2v) is 5.17. The predicted molar refractivity (Wildman–Crippen MR) is 85.8 cm³/mol. The normalized spacial score (nSPS) is 12.5. The van der Waals surface area contributed by atoms with E-state index in [1.54, 1.807) is 7.11 Å². The molecule has 2 aromatic carbocycles. The van der Waals surface area contributed by atoms with Crippen LogP contribution in [0.3, 0.4) is 0 Å². The number of aliphatic hydroxyl groups excluding tert-OH is 1. The predicted octanol–water partition coefficient (Wildman–Crippen LogP) is 2.39. The van der Waals surface area contributed by atoms with Crippen LogP contribution < -0.4 is 10.1 Å². The molecule has 0 amide bonds. The lowest BCUT2D eigenvalue weighted by atomic mass is 10.1. The highest BCUT2D eigenvalue weighted by Crippen LogP contribution is 2.18. The van der Waals surface area contributed by atoms with Crippen LogP contribution >= 0.6 is 0 Å². The maximum Gasteiger partial charge on any atom is 0.118 e. The fourth-order valence-electron chi connectivity index (χ4n) is 2.47. The third-order valence-electron chi connectivity index (χ3n) is 3.72. The number of hydrogen-bond donors (Lipinski definition) is 3. The van der Waals surface area contributed by atoms with Gasteiger partial charge in [-0.2, -0.15) is 5.10 Å². The molecule has 0 saturated heterocycles. The number of methoxy groups -OCH3 is 1. The van der Waals surface area contributed by atoms with E-state index in [4.69, 9.17) is 4.74 Å². The van der Waals surface area contributed by atoms with Crippen LogP contribution in [-0.2, 0) is 6.54 Å². The lowest BCUT2D eigenvalue weighted by molar-refractivity contribution is 0.174. The molecule has 0 radical (unpaired) electrons. The molecule has 5 heteroatoms. The summed E-state index contributed by atoms with van der Waals surface area (Å²) in [5.41, 5.74) is 3.04.